The summed E-state index contributed by atoms with van der Waals surface area (Å²) in [4.78, 5) is 0. The largest absolute Gasteiger partial charge is 0.383 e. The van der Waals surface area contributed by atoms with E-state index in [1.54, 1.807) is 7.11 Å². The van der Waals surface area contributed by atoms with Crippen molar-refractivity contribution in [2.45, 2.75) is 26.8 Å². The zero-order chi connectivity index (χ0) is 12.0. The second kappa shape index (κ2) is 6.66. The molecule has 0 aliphatic rings. The van der Waals surface area contributed by atoms with Crippen molar-refractivity contribution in [3.05, 3.63) is 35.4 Å². The van der Waals surface area contributed by atoms with Crippen LogP contribution in [0, 0.1) is 12.8 Å². The molecule has 90 valence electrons. The van der Waals surface area contributed by atoms with Crippen molar-refractivity contribution >= 4 is 0 Å². The van der Waals surface area contributed by atoms with E-state index in [9.17, 15) is 0 Å². The number of nitrogens with one attached hydrogen (secondary N) is 1. The van der Waals surface area contributed by atoms with Crippen LogP contribution in [0.4, 0.5) is 0 Å². The SMILES string of the molecule is COCCNC(c1ccccc1C)C(C)C. The summed E-state index contributed by atoms with van der Waals surface area (Å²) < 4.78 is 5.08. The Kier molecular flexibility index (Phi) is 5.50. The maximum atomic E-state index is 5.08. The second-order valence-corrected chi connectivity index (χ2v) is 4.53. The van der Waals surface area contributed by atoms with Gasteiger partial charge in [0.05, 0.1) is 6.61 Å². The van der Waals surface area contributed by atoms with Crippen molar-refractivity contribution in [1.82, 2.24) is 5.32 Å². The number of aryl methyl sites for hydroxylation is 1. The summed E-state index contributed by atoms with van der Waals surface area (Å²) >= 11 is 0. The lowest BCUT2D eigenvalue weighted by Crippen LogP contribution is -2.29. The summed E-state index contributed by atoms with van der Waals surface area (Å²) in [6.07, 6.45) is 0. The van der Waals surface area contributed by atoms with E-state index in [0.29, 0.717) is 12.0 Å². The molecular formula is C14H23NO. The number of methoxy groups -OCH3 is 1. The molecule has 2 nitrogen and oxygen atoms in total. The Morgan fingerprint density at radius 1 is 1.25 bits per heavy atom. The molecule has 1 aromatic carbocycles. The van der Waals surface area contributed by atoms with Gasteiger partial charge in [-0.15, -0.1) is 0 Å². The van der Waals surface area contributed by atoms with Gasteiger partial charge in [-0.3, -0.25) is 0 Å². The third-order valence-corrected chi connectivity index (χ3v) is 2.86. The zero-order valence-corrected chi connectivity index (χ0v) is 10.8. The maximum absolute atomic E-state index is 5.08. The van der Waals surface area contributed by atoms with Crippen LogP contribution >= 0.6 is 0 Å². The number of ether oxygens (including phenoxy) is 1. The molecule has 0 amide bonds. The van der Waals surface area contributed by atoms with Crippen LogP contribution < -0.4 is 5.32 Å². The Morgan fingerprint density at radius 3 is 2.50 bits per heavy atom. The number of hydrogen-bond donors (Lipinski definition) is 1. The lowest BCUT2D eigenvalue weighted by Gasteiger charge is -2.24. The molecule has 16 heavy (non-hydrogen) atoms. The van der Waals surface area contributed by atoms with Crippen LogP contribution in [0.1, 0.15) is 31.0 Å². The van der Waals surface area contributed by atoms with Crippen molar-refractivity contribution in [2.75, 3.05) is 20.3 Å². The summed E-state index contributed by atoms with van der Waals surface area (Å²) in [5.41, 5.74) is 2.75. The summed E-state index contributed by atoms with van der Waals surface area (Å²) in [5.74, 6) is 0.581. The van der Waals surface area contributed by atoms with Gasteiger partial charge in [-0.2, -0.15) is 0 Å². The van der Waals surface area contributed by atoms with Gasteiger partial charge in [-0.05, 0) is 24.0 Å². The van der Waals surface area contributed by atoms with E-state index in [4.69, 9.17) is 4.74 Å². The van der Waals surface area contributed by atoms with E-state index in [2.05, 4.69) is 50.4 Å². The van der Waals surface area contributed by atoms with E-state index in [1.165, 1.54) is 11.1 Å². The molecule has 2 heteroatoms. The smallest absolute Gasteiger partial charge is 0.0587 e. The van der Waals surface area contributed by atoms with Gasteiger partial charge < -0.3 is 10.1 Å². The van der Waals surface area contributed by atoms with Crippen molar-refractivity contribution in [1.29, 1.82) is 0 Å². The second-order valence-electron chi connectivity index (χ2n) is 4.53. The predicted molar refractivity (Wildman–Crippen MR) is 68.6 cm³/mol. The van der Waals surface area contributed by atoms with E-state index in [0.717, 1.165) is 13.2 Å². The molecule has 1 rings (SSSR count). The van der Waals surface area contributed by atoms with Crippen molar-refractivity contribution in [2.24, 2.45) is 5.92 Å². The van der Waals surface area contributed by atoms with Crippen LogP contribution in [0.3, 0.4) is 0 Å². The fraction of sp³-hybridized carbons (Fsp3) is 0.571. The molecule has 1 N–H and O–H groups in total. The number of hydrogen-bond acceptors (Lipinski definition) is 2. The lowest BCUT2D eigenvalue weighted by atomic mass is 9.93. The molecule has 0 aliphatic carbocycles. The molecule has 0 saturated carbocycles. The van der Waals surface area contributed by atoms with Crippen molar-refractivity contribution in [3.8, 4) is 0 Å². The maximum Gasteiger partial charge on any atom is 0.0587 e. The topological polar surface area (TPSA) is 21.3 Å². The average Bonchev–Trinajstić information content (AvgIpc) is 2.25. The normalized spacial score (nSPS) is 13.1. The molecule has 0 radical (unpaired) electrons. The van der Waals surface area contributed by atoms with E-state index < -0.39 is 0 Å². The van der Waals surface area contributed by atoms with Crippen LogP contribution in [0.5, 0.6) is 0 Å². The van der Waals surface area contributed by atoms with E-state index in [-0.39, 0.29) is 0 Å². The Labute approximate surface area is 99.0 Å². The minimum atomic E-state index is 0.413. The highest BCUT2D eigenvalue weighted by atomic mass is 16.5. The molecular weight excluding hydrogens is 198 g/mol. The van der Waals surface area contributed by atoms with Gasteiger partial charge in [-0.1, -0.05) is 38.1 Å². The number of rotatable bonds is 6. The molecule has 0 heterocycles. The summed E-state index contributed by atoms with van der Waals surface area (Å²) in [7, 11) is 1.74. The van der Waals surface area contributed by atoms with E-state index in [1.807, 2.05) is 0 Å². The fourth-order valence-electron chi connectivity index (χ4n) is 1.96. The van der Waals surface area contributed by atoms with Crippen LogP contribution in [0.15, 0.2) is 24.3 Å². The summed E-state index contributed by atoms with van der Waals surface area (Å²) in [6, 6.07) is 8.99. The van der Waals surface area contributed by atoms with Crippen LogP contribution in [-0.2, 0) is 4.74 Å². The van der Waals surface area contributed by atoms with Crippen LogP contribution in [0.2, 0.25) is 0 Å². The van der Waals surface area contributed by atoms with Gasteiger partial charge in [0, 0.05) is 19.7 Å². The van der Waals surface area contributed by atoms with Crippen LogP contribution in [0.25, 0.3) is 0 Å². The van der Waals surface area contributed by atoms with Gasteiger partial charge in [0.15, 0.2) is 0 Å². The molecule has 1 aromatic rings. The minimum Gasteiger partial charge on any atom is -0.383 e. The molecule has 0 spiro atoms. The van der Waals surface area contributed by atoms with Crippen molar-refractivity contribution < 1.29 is 4.74 Å². The Hall–Kier alpha value is -0.860. The third kappa shape index (κ3) is 3.62. The van der Waals surface area contributed by atoms with E-state index >= 15 is 0 Å². The standard InChI is InChI=1S/C14H23NO/c1-11(2)14(15-9-10-16-4)13-8-6-5-7-12(13)3/h5-8,11,14-15H,9-10H2,1-4H3. The van der Waals surface area contributed by atoms with Gasteiger partial charge in [-0.25, -0.2) is 0 Å². The first kappa shape index (κ1) is 13.2. The highest BCUT2D eigenvalue weighted by molar-refractivity contribution is 5.29. The summed E-state index contributed by atoms with van der Waals surface area (Å²) in [6.45, 7) is 8.32. The molecule has 0 saturated heterocycles. The highest BCUT2D eigenvalue weighted by Crippen LogP contribution is 2.24. The Bertz CT molecular complexity index is 309. The third-order valence-electron chi connectivity index (χ3n) is 2.86. The monoisotopic (exact) mass is 221 g/mol. The highest BCUT2D eigenvalue weighted by Gasteiger charge is 2.16. The molecule has 0 fully saturated rings. The Morgan fingerprint density at radius 2 is 1.94 bits per heavy atom. The summed E-state index contributed by atoms with van der Waals surface area (Å²) in [5, 5.41) is 3.55. The van der Waals surface area contributed by atoms with Gasteiger partial charge in [0.2, 0.25) is 0 Å². The van der Waals surface area contributed by atoms with Crippen molar-refractivity contribution in [3.63, 3.8) is 0 Å². The molecule has 0 aliphatic heterocycles. The van der Waals surface area contributed by atoms with Crippen LogP contribution in [-0.4, -0.2) is 20.3 Å². The zero-order valence-electron chi connectivity index (χ0n) is 10.8. The first-order valence-electron chi connectivity index (χ1n) is 5.94. The minimum absolute atomic E-state index is 0.413. The first-order valence-corrected chi connectivity index (χ1v) is 5.94. The molecule has 0 bridgehead atoms. The molecule has 0 aromatic heterocycles. The quantitative estimate of drug-likeness (QED) is 0.746. The lowest BCUT2D eigenvalue weighted by molar-refractivity contribution is 0.192. The van der Waals surface area contributed by atoms with Gasteiger partial charge in [0.1, 0.15) is 0 Å². The Balaban J connectivity index is 2.74. The molecule has 1 atom stereocenters. The number of benzene rings is 1. The first-order chi connectivity index (χ1) is 7.66. The average molecular weight is 221 g/mol. The molecule has 1 unspecified atom stereocenters. The predicted octanol–water partition coefficient (Wildman–Crippen LogP) is 2.93. The van der Waals surface area contributed by atoms with Gasteiger partial charge in [0.25, 0.3) is 0 Å². The fourth-order valence-corrected chi connectivity index (χ4v) is 1.96. The van der Waals surface area contributed by atoms with Gasteiger partial charge >= 0.3 is 0 Å².